The highest BCUT2D eigenvalue weighted by Crippen LogP contribution is 2.47. The van der Waals surface area contributed by atoms with Crippen LogP contribution in [0.5, 0.6) is 0 Å². The smallest absolute Gasteiger partial charge is 0.120 e. The first-order valence-corrected chi connectivity index (χ1v) is 6.44. The van der Waals surface area contributed by atoms with E-state index in [0.717, 1.165) is 12.9 Å². The summed E-state index contributed by atoms with van der Waals surface area (Å²) in [6.07, 6.45) is 5.52. The molecule has 3 atom stereocenters. The number of carbonyl (C=O) groups excluding carboxylic acids is 1. The van der Waals surface area contributed by atoms with Crippen molar-refractivity contribution in [1.29, 1.82) is 0 Å². The third-order valence-corrected chi connectivity index (χ3v) is 4.35. The van der Waals surface area contributed by atoms with Crippen LogP contribution in [0.1, 0.15) is 46.5 Å². The van der Waals surface area contributed by atoms with E-state index >= 15 is 0 Å². The first-order valence-electron chi connectivity index (χ1n) is 6.44. The van der Waals surface area contributed by atoms with E-state index in [0.29, 0.717) is 29.6 Å². The quantitative estimate of drug-likeness (QED) is 0.672. The Balaban J connectivity index is 2.64. The van der Waals surface area contributed by atoms with Crippen molar-refractivity contribution in [3.8, 4) is 0 Å². The van der Waals surface area contributed by atoms with Gasteiger partial charge in [0.15, 0.2) is 0 Å². The Kier molecular flexibility index (Phi) is 4.97. The lowest BCUT2D eigenvalue weighted by molar-refractivity contribution is -0.109. The van der Waals surface area contributed by atoms with E-state index in [1.165, 1.54) is 19.3 Å². The molecule has 0 aromatic rings. The molecule has 1 aliphatic rings. The summed E-state index contributed by atoms with van der Waals surface area (Å²) in [5.74, 6) is 1.86. The lowest BCUT2D eigenvalue weighted by Gasteiger charge is -2.45. The van der Waals surface area contributed by atoms with Gasteiger partial charge in [0.2, 0.25) is 0 Å². The van der Waals surface area contributed by atoms with Gasteiger partial charge in [-0.2, -0.15) is 0 Å². The minimum absolute atomic E-state index is 0.382. The number of hydrogen-bond acceptors (Lipinski definition) is 2. The molecule has 0 amide bonds. The van der Waals surface area contributed by atoms with Crippen molar-refractivity contribution in [3.63, 3.8) is 0 Å². The van der Waals surface area contributed by atoms with Crippen LogP contribution in [0.15, 0.2) is 0 Å². The SMILES string of the molecule is COC[C@@H]1CCC(C)(C)[C@@H]([C@H](C)CC=O)C1. The van der Waals surface area contributed by atoms with Crippen LogP contribution in [-0.2, 0) is 9.53 Å². The van der Waals surface area contributed by atoms with Gasteiger partial charge in [-0.05, 0) is 42.4 Å². The van der Waals surface area contributed by atoms with Gasteiger partial charge in [0.05, 0.1) is 0 Å². The van der Waals surface area contributed by atoms with Gasteiger partial charge in [0.1, 0.15) is 6.29 Å². The van der Waals surface area contributed by atoms with Crippen LogP contribution in [0.4, 0.5) is 0 Å². The van der Waals surface area contributed by atoms with Crippen molar-refractivity contribution in [2.45, 2.75) is 46.5 Å². The standard InChI is InChI=1S/C14H26O2/c1-11(6-8-15)13-9-12(10-16-4)5-7-14(13,2)3/h8,11-13H,5-7,9-10H2,1-4H3/t11-,12-,13-/m1/s1. The van der Waals surface area contributed by atoms with Crippen molar-refractivity contribution < 1.29 is 9.53 Å². The number of rotatable bonds is 5. The third kappa shape index (κ3) is 3.31. The summed E-state index contributed by atoms with van der Waals surface area (Å²) in [7, 11) is 1.78. The van der Waals surface area contributed by atoms with E-state index in [9.17, 15) is 4.79 Å². The Morgan fingerprint density at radius 1 is 1.50 bits per heavy atom. The maximum atomic E-state index is 10.7. The molecule has 0 heterocycles. The second-order valence-electron chi connectivity index (χ2n) is 6.07. The fraction of sp³-hybridized carbons (Fsp3) is 0.929. The largest absolute Gasteiger partial charge is 0.384 e. The number of hydrogen-bond donors (Lipinski definition) is 0. The minimum atomic E-state index is 0.382. The van der Waals surface area contributed by atoms with Crippen LogP contribution >= 0.6 is 0 Å². The van der Waals surface area contributed by atoms with Gasteiger partial charge in [-0.3, -0.25) is 0 Å². The lowest BCUT2D eigenvalue weighted by atomic mass is 9.61. The van der Waals surface area contributed by atoms with Crippen LogP contribution in [0.2, 0.25) is 0 Å². The molecule has 1 aliphatic carbocycles. The molecule has 0 unspecified atom stereocenters. The van der Waals surface area contributed by atoms with Gasteiger partial charge in [-0.15, -0.1) is 0 Å². The van der Waals surface area contributed by atoms with E-state index < -0.39 is 0 Å². The van der Waals surface area contributed by atoms with Crippen molar-refractivity contribution in [2.75, 3.05) is 13.7 Å². The van der Waals surface area contributed by atoms with Crippen molar-refractivity contribution >= 4 is 6.29 Å². The topological polar surface area (TPSA) is 26.3 Å². The van der Waals surface area contributed by atoms with Crippen LogP contribution < -0.4 is 0 Å². The summed E-state index contributed by atoms with van der Waals surface area (Å²) in [6.45, 7) is 7.79. The molecule has 0 N–H and O–H groups in total. The molecule has 0 aliphatic heterocycles. The molecule has 16 heavy (non-hydrogen) atoms. The number of aldehydes is 1. The Bertz CT molecular complexity index is 223. The number of carbonyl (C=O) groups is 1. The van der Waals surface area contributed by atoms with Crippen LogP contribution in [-0.4, -0.2) is 20.0 Å². The molecule has 0 spiro atoms. The molecule has 2 nitrogen and oxygen atoms in total. The summed E-state index contributed by atoms with van der Waals surface area (Å²) >= 11 is 0. The van der Waals surface area contributed by atoms with Gasteiger partial charge in [-0.25, -0.2) is 0 Å². The molecule has 0 saturated heterocycles. The monoisotopic (exact) mass is 226 g/mol. The second kappa shape index (κ2) is 5.81. The van der Waals surface area contributed by atoms with Crippen molar-refractivity contribution in [2.24, 2.45) is 23.2 Å². The third-order valence-electron chi connectivity index (χ3n) is 4.35. The summed E-state index contributed by atoms with van der Waals surface area (Å²) in [5.41, 5.74) is 0.382. The van der Waals surface area contributed by atoms with E-state index in [1.807, 2.05) is 0 Å². The summed E-state index contributed by atoms with van der Waals surface area (Å²) in [5, 5.41) is 0. The molecule has 0 aromatic carbocycles. The zero-order valence-electron chi connectivity index (χ0n) is 11.2. The van der Waals surface area contributed by atoms with Crippen molar-refractivity contribution in [3.05, 3.63) is 0 Å². The maximum Gasteiger partial charge on any atom is 0.120 e. The zero-order chi connectivity index (χ0) is 12.2. The molecule has 94 valence electrons. The summed E-state index contributed by atoms with van der Waals surface area (Å²) in [6, 6.07) is 0. The van der Waals surface area contributed by atoms with E-state index in [4.69, 9.17) is 4.74 Å². The molecule has 2 heteroatoms. The molecule has 1 fully saturated rings. The molecule has 0 bridgehead atoms. The van der Waals surface area contributed by atoms with Gasteiger partial charge in [-0.1, -0.05) is 20.8 Å². The Labute approximate surface area is 99.8 Å². The van der Waals surface area contributed by atoms with Crippen LogP contribution in [0.3, 0.4) is 0 Å². The Hall–Kier alpha value is -0.370. The minimum Gasteiger partial charge on any atom is -0.384 e. The van der Waals surface area contributed by atoms with E-state index in [2.05, 4.69) is 20.8 Å². The fourth-order valence-corrected chi connectivity index (χ4v) is 3.26. The first-order chi connectivity index (χ1) is 7.51. The van der Waals surface area contributed by atoms with Crippen LogP contribution in [0.25, 0.3) is 0 Å². The summed E-state index contributed by atoms with van der Waals surface area (Å²) < 4.78 is 5.27. The second-order valence-corrected chi connectivity index (χ2v) is 6.07. The highest BCUT2D eigenvalue weighted by molar-refractivity contribution is 5.49. The number of ether oxygens (including phenoxy) is 1. The molecule has 0 aromatic heterocycles. The Morgan fingerprint density at radius 2 is 2.19 bits per heavy atom. The van der Waals surface area contributed by atoms with Gasteiger partial charge < -0.3 is 9.53 Å². The highest BCUT2D eigenvalue weighted by atomic mass is 16.5. The predicted octanol–water partition coefficient (Wildman–Crippen LogP) is 3.30. The average molecular weight is 226 g/mol. The molecule has 0 radical (unpaired) electrons. The molecule has 1 saturated carbocycles. The van der Waals surface area contributed by atoms with Crippen LogP contribution in [0, 0.1) is 23.2 Å². The fourth-order valence-electron chi connectivity index (χ4n) is 3.26. The normalized spacial score (nSPS) is 31.0. The maximum absolute atomic E-state index is 10.7. The molecular weight excluding hydrogens is 200 g/mol. The molecular formula is C14H26O2. The summed E-state index contributed by atoms with van der Waals surface area (Å²) in [4.78, 5) is 10.7. The van der Waals surface area contributed by atoms with Gasteiger partial charge in [0.25, 0.3) is 0 Å². The Morgan fingerprint density at radius 3 is 2.75 bits per heavy atom. The van der Waals surface area contributed by atoms with Gasteiger partial charge >= 0.3 is 0 Å². The van der Waals surface area contributed by atoms with Gasteiger partial charge in [0, 0.05) is 20.1 Å². The van der Waals surface area contributed by atoms with E-state index in [-0.39, 0.29) is 0 Å². The predicted molar refractivity (Wildman–Crippen MR) is 66.3 cm³/mol. The zero-order valence-corrected chi connectivity index (χ0v) is 11.2. The lowest BCUT2D eigenvalue weighted by Crippen LogP contribution is -2.37. The van der Waals surface area contributed by atoms with E-state index in [1.54, 1.807) is 7.11 Å². The molecule has 1 rings (SSSR count). The number of methoxy groups -OCH3 is 1. The average Bonchev–Trinajstić information content (AvgIpc) is 2.21. The highest BCUT2D eigenvalue weighted by Gasteiger charge is 2.38. The first kappa shape index (κ1) is 13.7. The van der Waals surface area contributed by atoms with Crippen molar-refractivity contribution in [1.82, 2.24) is 0 Å².